The van der Waals surface area contributed by atoms with Gasteiger partial charge in [0.05, 0.1) is 12.6 Å². The first-order valence-corrected chi connectivity index (χ1v) is 8.90. The lowest BCUT2D eigenvalue weighted by Crippen LogP contribution is -2.38. The van der Waals surface area contributed by atoms with Gasteiger partial charge in [-0.2, -0.15) is 0 Å². The Hall–Kier alpha value is -2.73. The zero-order valence-corrected chi connectivity index (χ0v) is 14.9. The Labute approximate surface area is 153 Å². The highest BCUT2D eigenvalue weighted by atomic mass is 16.7. The van der Waals surface area contributed by atoms with Crippen molar-refractivity contribution < 1.29 is 14.6 Å². The molecule has 0 spiro atoms. The molecule has 0 bridgehead atoms. The summed E-state index contributed by atoms with van der Waals surface area (Å²) in [4.78, 5) is 4.60. The van der Waals surface area contributed by atoms with Gasteiger partial charge in [0.25, 0.3) is 0 Å². The fourth-order valence-corrected chi connectivity index (χ4v) is 2.72. The second-order valence-electron chi connectivity index (χ2n) is 6.02. The number of aliphatic imine (C=N–C) groups is 1. The number of fused-ring (bicyclic) bond motifs is 1. The summed E-state index contributed by atoms with van der Waals surface area (Å²) in [6.45, 7) is 4.23. The first-order valence-electron chi connectivity index (χ1n) is 8.90. The van der Waals surface area contributed by atoms with Gasteiger partial charge in [0.2, 0.25) is 6.79 Å². The molecule has 6 heteroatoms. The molecule has 0 aromatic heterocycles. The molecule has 0 radical (unpaired) electrons. The molecule has 1 atom stereocenters. The zero-order valence-electron chi connectivity index (χ0n) is 14.9. The summed E-state index contributed by atoms with van der Waals surface area (Å²) in [6.07, 6.45) is 0.124. The van der Waals surface area contributed by atoms with Gasteiger partial charge < -0.3 is 25.2 Å². The molecule has 0 aliphatic carbocycles. The van der Waals surface area contributed by atoms with E-state index in [4.69, 9.17) is 9.47 Å². The molecule has 3 N–H and O–H groups in total. The van der Waals surface area contributed by atoms with Crippen molar-refractivity contribution in [2.24, 2.45) is 4.99 Å². The number of hydrogen-bond acceptors (Lipinski definition) is 4. The molecular weight excluding hydrogens is 330 g/mol. The lowest BCUT2D eigenvalue weighted by Gasteiger charge is -2.14. The number of aliphatic hydroxyl groups is 1. The Kier molecular flexibility index (Phi) is 6.33. The van der Waals surface area contributed by atoms with Gasteiger partial charge in [0, 0.05) is 13.1 Å². The van der Waals surface area contributed by atoms with E-state index in [-0.39, 0.29) is 6.79 Å². The number of nitrogens with zero attached hydrogens (tertiary/aromatic N) is 1. The number of ether oxygens (including phenoxy) is 2. The van der Waals surface area contributed by atoms with Crippen LogP contribution < -0.4 is 20.1 Å². The van der Waals surface area contributed by atoms with Gasteiger partial charge in [-0.15, -0.1) is 0 Å². The van der Waals surface area contributed by atoms with Crippen LogP contribution in [-0.2, 0) is 6.54 Å². The SMILES string of the molecule is CCNC(=NCc1ccc2c(c1)OCO2)NCCC(O)c1ccccc1. The Morgan fingerprint density at radius 2 is 1.92 bits per heavy atom. The highest BCUT2D eigenvalue weighted by molar-refractivity contribution is 5.79. The van der Waals surface area contributed by atoms with E-state index in [1.165, 1.54) is 0 Å². The van der Waals surface area contributed by atoms with E-state index >= 15 is 0 Å². The van der Waals surface area contributed by atoms with Crippen LogP contribution in [0.25, 0.3) is 0 Å². The normalized spacial score (nSPS) is 14.2. The molecule has 1 aliphatic heterocycles. The molecule has 6 nitrogen and oxygen atoms in total. The lowest BCUT2D eigenvalue weighted by molar-refractivity contribution is 0.168. The number of rotatable bonds is 7. The Bertz CT molecular complexity index is 734. The van der Waals surface area contributed by atoms with E-state index in [0.29, 0.717) is 19.5 Å². The molecule has 0 amide bonds. The summed E-state index contributed by atoms with van der Waals surface area (Å²) in [5, 5.41) is 16.7. The molecule has 1 unspecified atom stereocenters. The third-order valence-electron chi connectivity index (χ3n) is 4.10. The maximum absolute atomic E-state index is 10.2. The minimum Gasteiger partial charge on any atom is -0.454 e. The third kappa shape index (κ3) is 4.89. The van der Waals surface area contributed by atoms with Crippen molar-refractivity contribution in [3.63, 3.8) is 0 Å². The Balaban J connectivity index is 1.52. The van der Waals surface area contributed by atoms with Crippen LogP contribution in [0.2, 0.25) is 0 Å². The van der Waals surface area contributed by atoms with Crippen molar-refractivity contribution in [1.82, 2.24) is 10.6 Å². The van der Waals surface area contributed by atoms with Gasteiger partial charge in [0.1, 0.15) is 0 Å². The van der Waals surface area contributed by atoms with Gasteiger partial charge >= 0.3 is 0 Å². The van der Waals surface area contributed by atoms with E-state index < -0.39 is 6.10 Å². The van der Waals surface area contributed by atoms with E-state index in [1.54, 1.807) is 0 Å². The predicted octanol–water partition coefficient (Wildman–Crippen LogP) is 2.59. The molecule has 1 aliphatic rings. The van der Waals surface area contributed by atoms with Crippen LogP contribution in [-0.4, -0.2) is 30.9 Å². The summed E-state index contributed by atoms with van der Waals surface area (Å²) < 4.78 is 10.7. The minimum absolute atomic E-state index is 0.274. The first kappa shape index (κ1) is 18.1. The summed E-state index contributed by atoms with van der Waals surface area (Å²) in [5.74, 6) is 2.27. The molecule has 3 rings (SSSR count). The topological polar surface area (TPSA) is 75.1 Å². The smallest absolute Gasteiger partial charge is 0.231 e. The van der Waals surface area contributed by atoms with Gasteiger partial charge in [-0.1, -0.05) is 36.4 Å². The van der Waals surface area contributed by atoms with E-state index in [0.717, 1.165) is 35.1 Å². The molecule has 0 saturated carbocycles. The van der Waals surface area contributed by atoms with Crippen LogP contribution in [0, 0.1) is 0 Å². The fourth-order valence-electron chi connectivity index (χ4n) is 2.72. The van der Waals surface area contributed by atoms with Crippen LogP contribution >= 0.6 is 0 Å². The second kappa shape index (κ2) is 9.10. The lowest BCUT2D eigenvalue weighted by atomic mass is 10.1. The van der Waals surface area contributed by atoms with Gasteiger partial charge in [-0.05, 0) is 36.6 Å². The molecular formula is C20H25N3O3. The van der Waals surface area contributed by atoms with Crippen molar-refractivity contribution in [3.8, 4) is 11.5 Å². The molecule has 2 aromatic rings. The highest BCUT2D eigenvalue weighted by Gasteiger charge is 2.13. The average molecular weight is 355 g/mol. The van der Waals surface area contributed by atoms with Crippen LogP contribution in [0.15, 0.2) is 53.5 Å². The van der Waals surface area contributed by atoms with E-state index in [9.17, 15) is 5.11 Å². The van der Waals surface area contributed by atoms with Gasteiger partial charge in [-0.25, -0.2) is 4.99 Å². The number of aliphatic hydroxyl groups excluding tert-OH is 1. The molecule has 0 fully saturated rings. The molecule has 2 aromatic carbocycles. The zero-order chi connectivity index (χ0) is 18.2. The first-order chi connectivity index (χ1) is 12.8. The van der Waals surface area contributed by atoms with Crippen LogP contribution in [0.1, 0.15) is 30.6 Å². The molecule has 1 heterocycles. The number of nitrogens with one attached hydrogen (secondary N) is 2. The van der Waals surface area contributed by atoms with Crippen molar-refractivity contribution in [2.45, 2.75) is 26.0 Å². The Morgan fingerprint density at radius 3 is 2.73 bits per heavy atom. The monoisotopic (exact) mass is 355 g/mol. The summed E-state index contributed by atoms with van der Waals surface area (Å²) in [6, 6.07) is 15.5. The Morgan fingerprint density at radius 1 is 1.12 bits per heavy atom. The summed E-state index contributed by atoms with van der Waals surface area (Å²) >= 11 is 0. The predicted molar refractivity (Wildman–Crippen MR) is 101 cm³/mol. The van der Waals surface area contributed by atoms with Crippen LogP contribution in [0.3, 0.4) is 0 Å². The number of hydrogen-bond donors (Lipinski definition) is 3. The molecule has 0 saturated heterocycles. The summed E-state index contributed by atoms with van der Waals surface area (Å²) in [5.41, 5.74) is 1.98. The van der Waals surface area contributed by atoms with Crippen molar-refractivity contribution in [3.05, 3.63) is 59.7 Å². The number of guanidine groups is 1. The molecule has 26 heavy (non-hydrogen) atoms. The van der Waals surface area contributed by atoms with Gasteiger partial charge in [-0.3, -0.25) is 0 Å². The third-order valence-corrected chi connectivity index (χ3v) is 4.10. The maximum atomic E-state index is 10.2. The minimum atomic E-state index is -0.486. The fraction of sp³-hybridized carbons (Fsp3) is 0.350. The largest absolute Gasteiger partial charge is 0.454 e. The quantitative estimate of drug-likeness (QED) is 0.526. The van der Waals surface area contributed by atoms with Crippen molar-refractivity contribution in [1.29, 1.82) is 0 Å². The van der Waals surface area contributed by atoms with E-state index in [1.807, 2.05) is 55.5 Å². The van der Waals surface area contributed by atoms with E-state index in [2.05, 4.69) is 15.6 Å². The molecule has 138 valence electrons. The highest BCUT2D eigenvalue weighted by Crippen LogP contribution is 2.32. The second-order valence-corrected chi connectivity index (χ2v) is 6.02. The van der Waals surface area contributed by atoms with Gasteiger partial charge in [0.15, 0.2) is 17.5 Å². The number of benzene rings is 2. The van der Waals surface area contributed by atoms with Crippen molar-refractivity contribution >= 4 is 5.96 Å². The standard InChI is InChI=1S/C20H25N3O3/c1-2-21-20(22-11-10-17(24)16-6-4-3-5-7-16)23-13-15-8-9-18-19(12-15)26-14-25-18/h3-9,12,17,24H,2,10-11,13-14H2,1H3,(H2,21,22,23). The van der Waals surface area contributed by atoms with Crippen LogP contribution in [0.4, 0.5) is 0 Å². The average Bonchev–Trinajstić information content (AvgIpc) is 3.14. The maximum Gasteiger partial charge on any atom is 0.231 e. The van der Waals surface area contributed by atoms with Crippen molar-refractivity contribution in [2.75, 3.05) is 19.9 Å². The van der Waals surface area contributed by atoms with Crippen LogP contribution in [0.5, 0.6) is 11.5 Å². The summed E-state index contributed by atoms with van der Waals surface area (Å²) in [7, 11) is 0.